The van der Waals surface area contributed by atoms with Gasteiger partial charge in [0.05, 0.1) is 28.3 Å². The van der Waals surface area contributed by atoms with Gasteiger partial charge in [0.2, 0.25) is 16.0 Å². The van der Waals surface area contributed by atoms with Crippen LogP contribution in [0.5, 0.6) is 0 Å². The zero-order chi connectivity index (χ0) is 27.0. The molecule has 0 fully saturated rings. The zero-order valence-corrected chi connectivity index (χ0v) is 23.1. The van der Waals surface area contributed by atoms with Gasteiger partial charge in [-0.3, -0.25) is 0 Å². The monoisotopic (exact) mass is 561 g/mol. The molecule has 0 atom stereocenters. The van der Waals surface area contributed by atoms with Crippen LogP contribution < -0.4 is 10.6 Å². The summed E-state index contributed by atoms with van der Waals surface area (Å²) in [6.07, 6.45) is 3.19. The molecular formula is C25H28ClN5O4S2. The quantitative estimate of drug-likeness (QED) is 0.428. The van der Waals surface area contributed by atoms with Gasteiger partial charge in [0.25, 0.3) is 0 Å². The first-order valence-corrected chi connectivity index (χ1v) is 15.3. The lowest BCUT2D eigenvalue weighted by Crippen LogP contribution is -2.31. The predicted octanol–water partition coefficient (Wildman–Crippen LogP) is 4.63. The lowest BCUT2D eigenvalue weighted by Gasteiger charge is -2.17. The number of nitrogens with zero attached hydrogens (tertiary/aromatic N) is 3. The number of fused-ring (bicyclic) bond motifs is 1. The van der Waals surface area contributed by atoms with E-state index in [2.05, 4.69) is 27.2 Å². The van der Waals surface area contributed by atoms with E-state index in [9.17, 15) is 16.8 Å². The zero-order valence-electron chi connectivity index (χ0n) is 20.7. The van der Waals surface area contributed by atoms with Crippen LogP contribution in [-0.4, -0.2) is 55.7 Å². The summed E-state index contributed by atoms with van der Waals surface area (Å²) in [5.74, 6) is 0.488. The highest BCUT2D eigenvalue weighted by atomic mass is 35.5. The Kier molecular flexibility index (Phi) is 7.61. The molecule has 0 radical (unpaired) electrons. The summed E-state index contributed by atoms with van der Waals surface area (Å²) in [5, 5.41) is 5.80. The van der Waals surface area contributed by atoms with Crippen LogP contribution in [0.15, 0.2) is 60.1 Å². The Hall–Kier alpha value is -2.99. The van der Waals surface area contributed by atoms with Gasteiger partial charge in [-0.2, -0.15) is 9.29 Å². The summed E-state index contributed by atoms with van der Waals surface area (Å²) in [6, 6.07) is 12.3. The minimum absolute atomic E-state index is 0.154. The SMILES string of the molecule is C=C1CN(S(C)(=O)=O)CCc2ccc(Nc3ncc(Cl)c(Nc4ccccc4S(=O)(=O)C(C)C)n3)cc21. The lowest BCUT2D eigenvalue weighted by atomic mass is 9.99. The molecule has 2 aromatic carbocycles. The highest BCUT2D eigenvalue weighted by Gasteiger charge is 2.24. The van der Waals surface area contributed by atoms with Crippen LogP contribution in [0.2, 0.25) is 5.02 Å². The second-order valence-electron chi connectivity index (χ2n) is 9.05. The molecule has 0 spiro atoms. The standard InChI is InChI=1S/C25H28ClN5O4S2/c1-16(2)37(34,35)23-8-6-5-7-22(23)29-24-21(26)14-27-25(30-24)28-19-10-9-18-11-12-31(36(4,32)33)15-17(3)20(18)13-19/h5-10,13-14,16H,3,11-12,15H2,1-2,4H3,(H2,27,28,29,30). The van der Waals surface area contributed by atoms with E-state index in [1.54, 1.807) is 38.1 Å². The van der Waals surface area contributed by atoms with Gasteiger partial charge in [-0.1, -0.05) is 36.4 Å². The molecule has 1 aliphatic rings. The van der Waals surface area contributed by atoms with Crippen molar-refractivity contribution < 1.29 is 16.8 Å². The van der Waals surface area contributed by atoms with E-state index >= 15 is 0 Å². The fraction of sp³-hybridized carbons (Fsp3) is 0.280. The van der Waals surface area contributed by atoms with Gasteiger partial charge in [-0.15, -0.1) is 0 Å². The number of halogens is 1. The Morgan fingerprint density at radius 2 is 1.81 bits per heavy atom. The molecule has 0 saturated heterocycles. The highest BCUT2D eigenvalue weighted by molar-refractivity contribution is 7.92. The van der Waals surface area contributed by atoms with Crippen molar-refractivity contribution in [1.29, 1.82) is 0 Å². The number of aromatic nitrogens is 2. The maximum atomic E-state index is 12.8. The number of hydrogen-bond acceptors (Lipinski definition) is 8. The van der Waals surface area contributed by atoms with Crippen LogP contribution in [-0.2, 0) is 26.3 Å². The maximum absolute atomic E-state index is 12.8. The molecule has 0 aliphatic carbocycles. The van der Waals surface area contributed by atoms with E-state index in [4.69, 9.17) is 11.6 Å². The largest absolute Gasteiger partial charge is 0.338 e. The molecule has 2 N–H and O–H groups in total. The van der Waals surface area contributed by atoms with Crippen molar-refractivity contribution in [1.82, 2.24) is 14.3 Å². The Balaban J connectivity index is 1.60. The third-order valence-corrected chi connectivity index (χ3v) is 9.76. The number of para-hydroxylation sites is 1. The van der Waals surface area contributed by atoms with E-state index in [1.807, 2.05) is 18.2 Å². The molecule has 1 aromatic heterocycles. The number of nitrogens with one attached hydrogen (secondary N) is 2. The molecule has 0 bridgehead atoms. The van der Waals surface area contributed by atoms with Crippen LogP contribution in [0.1, 0.15) is 25.0 Å². The van der Waals surface area contributed by atoms with E-state index in [-0.39, 0.29) is 28.2 Å². The van der Waals surface area contributed by atoms with Crippen molar-refractivity contribution in [2.75, 3.05) is 30.0 Å². The van der Waals surface area contributed by atoms with Gasteiger partial charge in [0.1, 0.15) is 5.02 Å². The summed E-state index contributed by atoms with van der Waals surface area (Å²) in [6.45, 7) is 7.96. The van der Waals surface area contributed by atoms with Gasteiger partial charge in [0, 0.05) is 18.8 Å². The molecule has 37 heavy (non-hydrogen) atoms. The summed E-state index contributed by atoms with van der Waals surface area (Å²) in [4.78, 5) is 8.86. The first kappa shape index (κ1) is 27.1. The third-order valence-electron chi connectivity index (χ3n) is 6.03. The van der Waals surface area contributed by atoms with E-state index < -0.39 is 25.1 Å². The smallest absolute Gasteiger partial charge is 0.229 e. The van der Waals surface area contributed by atoms with Crippen molar-refractivity contribution in [3.05, 3.63) is 71.4 Å². The van der Waals surface area contributed by atoms with Crippen LogP contribution >= 0.6 is 11.6 Å². The summed E-state index contributed by atoms with van der Waals surface area (Å²) in [5.41, 5.74) is 3.62. The molecule has 4 rings (SSSR count). The van der Waals surface area contributed by atoms with Crippen molar-refractivity contribution in [3.63, 3.8) is 0 Å². The molecule has 196 valence electrons. The molecule has 0 saturated carbocycles. The van der Waals surface area contributed by atoms with Gasteiger partial charge < -0.3 is 10.6 Å². The first-order chi connectivity index (χ1) is 17.4. The summed E-state index contributed by atoms with van der Waals surface area (Å²) < 4.78 is 51.2. The van der Waals surface area contributed by atoms with Crippen LogP contribution in [0, 0.1) is 0 Å². The van der Waals surface area contributed by atoms with Gasteiger partial charge >= 0.3 is 0 Å². The number of benzene rings is 2. The molecule has 2 heterocycles. The van der Waals surface area contributed by atoms with Gasteiger partial charge in [-0.05, 0) is 61.2 Å². The number of hydrogen-bond donors (Lipinski definition) is 2. The van der Waals surface area contributed by atoms with Crippen molar-refractivity contribution in [2.45, 2.75) is 30.4 Å². The highest BCUT2D eigenvalue weighted by Crippen LogP contribution is 2.32. The molecular weight excluding hydrogens is 534 g/mol. The fourth-order valence-electron chi connectivity index (χ4n) is 3.95. The third kappa shape index (κ3) is 5.96. The fourth-order valence-corrected chi connectivity index (χ4v) is 6.10. The molecule has 12 heteroatoms. The second-order valence-corrected chi connectivity index (χ2v) is 13.9. The average Bonchev–Trinajstić information content (AvgIpc) is 3.00. The topological polar surface area (TPSA) is 121 Å². The van der Waals surface area contributed by atoms with Gasteiger partial charge in [-0.25, -0.2) is 21.8 Å². The van der Waals surface area contributed by atoms with Crippen LogP contribution in [0.25, 0.3) is 5.57 Å². The Morgan fingerprint density at radius 3 is 2.51 bits per heavy atom. The van der Waals surface area contributed by atoms with Crippen LogP contribution in [0.4, 0.5) is 23.1 Å². The van der Waals surface area contributed by atoms with Crippen molar-refractivity contribution in [2.24, 2.45) is 0 Å². The Morgan fingerprint density at radius 1 is 1.08 bits per heavy atom. The first-order valence-electron chi connectivity index (χ1n) is 11.5. The summed E-state index contributed by atoms with van der Waals surface area (Å²) >= 11 is 6.33. The summed E-state index contributed by atoms with van der Waals surface area (Å²) in [7, 11) is -6.87. The number of sulfonamides is 1. The molecule has 9 nitrogen and oxygen atoms in total. The van der Waals surface area contributed by atoms with Crippen LogP contribution in [0.3, 0.4) is 0 Å². The number of rotatable bonds is 7. The normalized spacial score (nSPS) is 14.8. The molecule has 3 aromatic rings. The minimum atomic E-state index is -3.54. The average molecular weight is 562 g/mol. The number of sulfone groups is 1. The molecule has 0 amide bonds. The number of anilines is 4. The van der Waals surface area contributed by atoms with Crippen molar-refractivity contribution in [3.8, 4) is 0 Å². The van der Waals surface area contributed by atoms with Gasteiger partial charge in [0.15, 0.2) is 15.7 Å². The van der Waals surface area contributed by atoms with E-state index in [1.165, 1.54) is 16.8 Å². The lowest BCUT2D eigenvalue weighted by molar-refractivity contribution is 0.458. The predicted molar refractivity (Wildman–Crippen MR) is 148 cm³/mol. The maximum Gasteiger partial charge on any atom is 0.229 e. The molecule has 1 aliphatic heterocycles. The van der Waals surface area contributed by atoms with E-state index in [0.717, 1.165) is 11.1 Å². The Bertz CT molecular complexity index is 1570. The van der Waals surface area contributed by atoms with Crippen molar-refractivity contribution >= 4 is 60.2 Å². The minimum Gasteiger partial charge on any atom is -0.338 e. The Labute approximate surface area is 222 Å². The second kappa shape index (κ2) is 10.4. The van der Waals surface area contributed by atoms with E-state index in [0.29, 0.717) is 29.9 Å². The molecule has 0 unspecified atom stereocenters.